The van der Waals surface area contributed by atoms with Crippen molar-refractivity contribution >= 4 is 16.9 Å². The zero-order valence-electron chi connectivity index (χ0n) is 15.7. The van der Waals surface area contributed by atoms with E-state index in [0.717, 1.165) is 0 Å². The van der Waals surface area contributed by atoms with Gasteiger partial charge in [-0.2, -0.15) is 4.98 Å². The predicted molar refractivity (Wildman–Crippen MR) is 104 cm³/mol. The molecular formula is C21H16N2O6. The van der Waals surface area contributed by atoms with Crippen LogP contribution in [0.15, 0.2) is 62.3 Å². The molecule has 2 aromatic carbocycles. The molecule has 0 radical (unpaired) electrons. The van der Waals surface area contributed by atoms with E-state index in [2.05, 4.69) is 10.1 Å². The molecule has 0 unspecified atom stereocenters. The molecule has 0 saturated heterocycles. The Kier molecular flexibility index (Phi) is 4.82. The quantitative estimate of drug-likeness (QED) is 0.287. The van der Waals surface area contributed by atoms with Gasteiger partial charge in [0.2, 0.25) is 5.82 Å². The molecule has 4 rings (SSSR count). The van der Waals surface area contributed by atoms with Crippen LogP contribution in [0.3, 0.4) is 0 Å². The van der Waals surface area contributed by atoms with Crippen molar-refractivity contribution in [2.75, 3.05) is 7.11 Å². The molecule has 8 heteroatoms. The number of para-hydroxylation sites is 1. The average Bonchev–Trinajstić information content (AvgIpc) is 3.23. The monoisotopic (exact) mass is 392 g/mol. The first-order chi connectivity index (χ1) is 14.1. The summed E-state index contributed by atoms with van der Waals surface area (Å²) < 4.78 is 21.0. The molecule has 0 bridgehead atoms. The largest absolute Gasteiger partial charge is 0.497 e. The Bertz CT molecular complexity index is 1240. The molecule has 0 aliphatic rings. The van der Waals surface area contributed by atoms with Crippen LogP contribution in [0.2, 0.25) is 0 Å². The third kappa shape index (κ3) is 3.60. The third-order valence-electron chi connectivity index (χ3n) is 4.24. The molecular weight excluding hydrogens is 376 g/mol. The van der Waals surface area contributed by atoms with Crippen LogP contribution in [0, 0.1) is 0 Å². The molecule has 146 valence electrons. The Hall–Kier alpha value is -3.94. The van der Waals surface area contributed by atoms with Crippen molar-refractivity contribution in [3.8, 4) is 34.3 Å². The average molecular weight is 392 g/mol. The Morgan fingerprint density at radius 3 is 2.66 bits per heavy atom. The molecule has 0 amide bonds. The predicted octanol–water partition coefficient (Wildman–Crippen LogP) is 3.83. The minimum Gasteiger partial charge on any atom is -0.497 e. The highest BCUT2D eigenvalue weighted by Gasteiger charge is 2.18. The normalized spacial score (nSPS) is 10.8. The van der Waals surface area contributed by atoms with E-state index in [1.807, 2.05) is 0 Å². The number of ether oxygens (including phenoxy) is 2. The summed E-state index contributed by atoms with van der Waals surface area (Å²) in [6.45, 7) is 1.68. The topological polar surface area (TPSA) is 105 Å². The molecule has 8 nitrogen and oxygen atoms in total. The van der Waals surface area contributed by atoms with Gasteiger partial charge in [0.1, 0.15) is 11.3 Å². The zero-order chi connectivity index (χ0) is 20.4. The molecule has 0 aliphatic heterocycles. The second-order valence-electron chi connectivity index (χ2n) is 6.10. The van der Waals surface area contributed by atoms with Crippen molar-refractivity contribution in [1.82, 2.24) is 10.1 Å². The van der Waals surface area contributed by atoms with Crippen molar-refractivity contribution in [3.05, 3.63) is 59.0 Å². The fourth-order valence-electron chi connectivity index (χ4n) is 2.73. The fourth-order valence-corrected chi connectivity index (χ4v) is 2.73. The molecule has 2 heterocycles. The SMILES string of the molecule is CCC(=O)Oc1cccc2cc(-c3nc(-c4ccc(OC)cc4)no3)c(=O)oc12. The van der Waals surface area contributed by atoms with Crippen LogP contribution >= 0.6 is 0 Å². The molecule has 0 saturated carbocycles. The van der Waals surface area contributed by atoms with Gasteiger partial charge < -0.3 is 18.4 Å². The van der Waals surface area contributed by atoms with Crippen LogP contribution in [0.1, 0.15) is 13.3 Å². The summed E-state index contributed by atoms with van der Waals surface area (Å²) in [5, 5.41) is 4.49. The Morgan fingerprint density at radius 2 is 1.93 bits per heavy atom. The van der Waals surface area contributed by atoms with Crippen molar-refractivity contribution in [1.29, 1.82) is 0 Å². The highest BCUT2D eigenvalue weighted by atomic mass is 16.5. The molecule has 0 atom stereocenters. The number of fused-ring (bicyclic) bond motifs is 1. The van der Waals surface area contributed by atoms with Crippen molar-refractivity contribution < 1.29 is 23.2 Å². The number of methoxy groups -OCH3 is 1. The number of nitrogens with zero attached hydrogens (tertiary/aromatic N) is 2. The second kappa shape index (κ2) is 7.59. The lowest BCUT2D eigenvalue weighted by atomic mass is 10.1. The number of rotatable bonds is 5. The highest BCUT2D eigenvalue weighted by Crippen LogP contribution is 2.28. The zero-order valence-corrected chi connectivity index (χ0v) is 15.7. The lowest BCUT2D eigenvalue weighted by molar-refractivity contribution is -0.133. The van der Waals surface area contributed by atoms with Crippen LogP contribution < -0.4 is 15.1 Å². The molecule has 4 aromatic rings. The van der Waals surface area contributed by atoms with Crippen molar-refractivity contribution in [3.63, 3.8) is 0 Å². The van der Waals surface area contributed by atoms with Crippen LogP contribution in [-0.2, 0) is 4.79 Å². The van der Waals surface area contributed by atoms with E-state index in [4.69, 9.17) is 18.4 Å². The third-order valence-corrected chi connectivity index (χ3v) is 4.24. The van der Waals surface area contributed by atoms with Gasteiger partial charge in [0.15, 0.2) is 11.3 Å². The highest BCUT2D eigenvalue weighted by molar-refractivity contribution is 5.87. The van der Waals surface area contributed by atoms with Gasteiger partial charge in [-0.15, -0.1) is 0 Å². The minimum absolute atomic E-state index is 0.0300. The lowest BCUT2D eigenvalue weighted by Crippen LogP contribution is -2.08. The van der Waals surface area contributed by atoms with E-state index < -0.39 is 11.6 Å². The summed E-state index contributed by atoms with van der Waals surface area (Å²) in [5.74, 6) is 0.815. The number of carbonyl (C=O) groups is 1. The summed E-state index contributed by atoms with van der Waals surface area (Å²) in [6, 6.07) is 13.7. The van der Waals surface area contributed by atoms with E-state index in [0.29, 0.717) is 22.5 Å². The van der Waals surface area contributed by atoms with E-state index in [1.165, 1.54) is 0 Å². The second-order valence-corrected chi connectivity index (χ2v) is 6.10. The van der Waals surface area contributed by atoms with Crippen molar-refractivity contribution in [2.24, 2.45) is 0 Å². The Morgan fingerprint density at radius 1 is 1.14 bits per heavy atom. The van der Waals surface area contributed by atoms with Crippen LogP contribution in [0.5, 0.6) is 11.5 Å². The lowest BCUT2D eigenvalue weighted by Gasteiger charge is -2.05. The van der Waals surface area contributed by atoms with Gasteiger partial charge in [0.25, 0.3) is 5.89 Å². The number of benzene rings is 2. The maximum atomic E-state index is 12.5. The maximum absolute atomic E-state index is 12.5. The molecule has 0 aliphatic carbocycles. The standard InChI is InChI=1S/C21H16N2O6/c1-3-17(24)27-16-6-4-5-13-11-15(21(25)28-18(13)16)20-22-19(23-29-20)12-7-9-14(26-2)10-8-12/h4-11H,3H2,1-2H3. The number of aromatic nitrogens is 2. The maximum Gasteiger partial charge on any atom is 0.349 e. The van der Waals surface area contributed by atoms with Crippen molar-refractivity contribution in [2.45, 2.75) is 13.3 Å². The Balaban J connectivity index is 1.73. The van der Waals surface area contributed by atoms with Gasteiger partial charge >= 0.3 is 11.6 Å². The summed E-state index contributed by atoms with van der Waals surface area (Å²) in [5.41, 5.74) is 0.323. The summed E-state index contributed by atoms with van der Waals surface area (Å²) in [7, 11) is 1.58. The summed E-state index contributed by atoms with van der Waals surface area (Å²) in [4.78, 5) is 28.4. The molecule has 29 heavy (non-hydrogen) atoms. The van der Waals surface area contributed by atoms with E-state index in [1.54, 1.807) is 62.6 Å². The first-order valence-electron chi connectivity index (χ1n) is 8.85. The van der Waals surface area contributed by atoms with E-state index in [-0.39, 0.29) is 29.2 Å². The first-order valence-corrected chi connectivity index (χ1v) is 8.85. The van der Waals surface area contributed by atoms with Crippen LogP contribution in [0.25, 0.3) is 33.8 Å². The van der Waals surface area contributed by atoms with E-state index in [9.17, 15) is 9.59 Å². The minimum atomic E-state index is -0.678. The van der Waals surface area contributed by atoms with E-state index >= 15 is 0 Å². The summed E-state index contributed by atoms with van der Waals surface area (Å²) >= 11 is 0. The van der Waals surface area contributed by atoms with Gasteiger partial charge in [-0.1, -0.05) is 24.2 Å². The smallest absolute Gasteiger partial charge is 0.349 e. The summed E-state index contributed by atoms with van der Waals surface area (Å²) in [6.07, 6.45) is 0.203. The Labute approximate surface area is 164 Å². The molecule has 2 aromatic heterocycles. The molecule has 0 N–H and O–H groups in total. The van der Waals surface area contributed by atoms with Gasteiger partial charge in [0.05, 0.1) is 7.11 Å². The fraction of sp³-hybridized carbons (Fsp3) is 0.143. The number of hydrogen-bond donors (Lipinski definition) is 0. The number of esters is 1. The van der Waals surface area contributed by atoms with Gasteiger partial charge in [-0.25, -0.2) is 4.79 Å². The molecule has 0 fully saturated rings. The number of hydrogen-bond acceptors (Lipinski definition) is 8. The van der Waals surface area contributed by atoms with Gasteiger partial charge in [-0.3, -0.25) is 4.79 Å². The number of carbonyl (C=O) groups excluding carboxylic acids is 1. The first kappa shape index (κ1) is 18.4. The van der Waals surface area contributed by atoms with Gasteiger partial charge in [-0.05, 0) is 36.4 Å². The van der Waals surface area contributed by atoms with Crippen LogP contribution in [-0.4, -0.2) is 23.2 Å². The molecule has 0 spiro atoms. The van der Waals surface area contributed by atoms with Crippen LogP contribution in [0.4, 0.5) is 0 Å². The van der Waals surface area contributed by atoms with Gasteiger partial charge in [0, 0.05) is 17.4 Å².